The lowest BCUT2D eigenvalue weighted by Gasteiger charge is -2.27. The highest BCUT2D eigenvalue weighted by molar-refractivity contribution is 5.98. The lowest BCUT2D eigenvalue weighted by Crippen LogP contribution is -2.30. The van der Waals surface area contributed by atoms with Crippen molar-refractivity contribution >= 4 is 22.4 Å². The van der Waals surface area contributed by atoms with E-state index in [2.05, 4.69) is 15.0 Å². The van der Waals surface area contributed by atoms with Crippen molar-refractivity contribution in [1.29, 1.82) is 0 Å². The Kier molecular flexibility index (Phi) is 2.99. The molecule has 0 radical (unpaired) electrons. The van der Waals surface area contributed by atoms with Crippen LogP contribution in [0.5, 0.6) is 0 Å². The number of piperidine rings is 1. The van der Waals surface area contributed by atoms with Crippen molar-refractivity contribution in [2.24, 2.45) is 7.05 Å². The van der Waals surface area contributed by atoms with Crippen LogP contribution in [0.2, 0.25) is 0 Å². The topological polar surface area (TPSA) is 63.9 Å². The summed E-state index contributed by atoms with van der Waals surface area (Å²) in [6, 6.07) is 9.94. The van der Waals surface area contributed by atoms with Gasteiger partial charge < -0.3 is 9.47 Å². The van der Waals surface area contributed by atoms with Crippen molar-refractivity contribution in [3.05, 3.63) is 72.6 Å². The zero-order valence-electron chi connectivity index (χ0n) is 26.6. The van der Waals surface area contributed by atoms with E-state index >= 15 is 0 Å². The fourth-order valence-electron chi connectivity index (χ4n) is 3.40. The highest BCUT2D eigenvalue weighted by atomic mass is 16.1. The van der Waals surface area contributed by atoms with Crippen LogP contribution in [-0.2, 0) is 13.5 Å². The van der Waals surface area contributed by atoms with Gasteiger partial charge in [0.1, 0.15) is 5.82 Å². The molecule has 0 spiro atoms. The van der Waals surface area contributed by atoms with Crippen LogP contribution in [0.4, 0.5) is 5.82 Å². The summed E-state index contributed by atoms with van der Waals surface area (Å²) in [7, 11) is 1.88. The second-order valence-electron chi connectivity index (χ2n) is 7.06. The minimum atomic E-state index is -3.55. The number of Topliss-reactive ketones (excluding diaryl/α,β-unsaturated/α-hetero) is 1. The maximum atomic E-state index is 13.3. The number of pyridine rings is 2. The van der Waals surface area contributed by atoms with Crippen LogP contribution in [0.15, 0.2) is 61.3 Å². The summed E-state index contributed by atoms with van der Waals surface area (Å²) in [5.41, 5.74) is 2.26. The van der Waals surface area contributed by atoms with Gasteiger partial charge in [-0.2, -0.15) is 0 Å². The van der Waals surface area contributed by atoms with Gasteiger partial charge in [0, 0.05) is 68.3 Å². The molecule has 0 unspecified atom stereocenters. The molecule has 3 aromatic heterocycles. The third-order valence-electron chi connectivity index (χ3n) is 4.99. The van der Waals surface area contributed by atoms with E-state index in [1.54, 1.807) is 24.8 Å². The summed E-state index contributed by atoms with van der Waals surface area (Å²) in [4.78, 5) is 25.8. The average molecular weight is 422 g/mol. The molecule has 0 N–H and O–H groups in total. The number of ketones is 1. The number of benzene rings is 1. The molecule has 0 aliphatic carbocycles. The third kappa shape index (κ3) is 4.06. The quantitative estimate of drug-likeness (QED) is 0.446. The molecule has 0 bridgehead atoms. The molecule has 0 saturated carbocycles. The number of carbonyl (C=O) groups excluding carboxylic acids is 1. The minimum absolute atomic E-state index is 0.0122. The molecule has 1 fully saturated rings. The minimum Gasteiger partial charge on any atom is -0.357 e. The fourth-order valence-corrected chi connectivity index (χ4v) is 3.40. The first-order valence-corrected chi connectivity index (χ1v) is 9.58. The molecule has 5 rings (SSSR count). The standard InChI is InChI=1S/C25H25N5O/c1-29-17-26-16-23(29)18-5-6-20-15-28-22(12-21(20)11-18)14-24(31)19-7-8-27-25(13-19)30-9-3-2-4-10-30/h5-8,11-13,15-17H,2-4,9-10,14H2,1H3/i2D2,3D2,4D2,9D2,10D2. The third-order valence-corrected chi connectivity index (χ3v) is 4.99. The summed E-state index contributed by atoms with van der Waals surface area (Å²) in [5.74, 6) is -1.02. The lowest BCUT2D eigenvalue weighted by molar-refractivity contribution is 0.0992. The monoisotopic (exact) mass is 421 g/mol. The van der Waals surface area contributed by atoms with Crippen LogP contribution < -0.4 is 4.90 Å². The number of rotatable bonds is 5. The molecule has 156 valence electrons. The average Bonchev–Trinajstić information content (AvgIpc) is 3.33. The number of hydrogen-bond donors (Lipinski definition) is 0. The number of fused-ring (bicyclic) bond motifs is 1. The van der Waals surface area contributed by atoms with E-state index < -0.39 is 43.7 Å². The van der Waals surface area contributed by atoms with E-state index in [1.165, 1.54) is 6.07 Å². The summed E-state index contributed by atoms with van der Waals surface area (Å²) >= 11 is 0. The van der Waals surface area contributed by atoms with Crippen molar-refractivity contribution in [2.45, 2.75) is 25.5 Å². The van der Waals surface area contributed by atoms with Gasteiger partial charge in [-0.05, 0) is 48.8 Å². The summed E-state index contributed by atoms with van der Waals surface area (Å²) < 4.78 is 83.8. The summed E-state index contributed by atoms with van der Waals surface area (Å²) in [6.07, 6.45) is -4.53. The lowest BCUT2D eigenvalue weighted by atomic mass is 10.0. The van der Waals surface area contributed by atoms with Crippen molar-refractivity contribution in [1.82, 2.24) is 19.5 Å². The highest BCUT2D eigenvalue weighted by Crippen LogP contribution is 2.25. The molecule has 0 amide bonds. The number of aromatic nitrogens is 4. The first-order chi connectivity index (χ1) is 18.9. The van der Waals surface area contributed by atoms with E-state index in [0.717, 1.165) is 34.3 Å². The fraction of sp³-hybridized carbons (Fsp3) is 0.280. The van der Waals surface area contributed by atoms with Crippen molar-refractivity contribution < 1.29 is 18.5 Å². The van der Waals surface area contributed by atoms with Gasteiger partial charge in [-0.25, -0.2) is 9.97 Å². The van der Waals surface area contributed by atoms with Gasteiger partial charge in [0.05, 0.1) is 24.6 Å². The molecule has 4 heterocycles. The first-order valence-electron chi connectivity index (χ1n) is 14.6. The van der Waals surface area contributed by atoms with Crippen LogP contribution in [0.3, 0.4) is 0 Å². The smallest absolute Gasteiger partial charge is 0.169 e. The molecule has 4 aromatic rings. The van der Waals surface area contributed by atoms with Crippen LogP contribution in [-0.4, -0.2) is 38.3 Å². The number of imidazole rings is 1. The van der Waals surface area contributed by atoms with Crippen LogP contribution in [0, 0.1) is 0 Å². The summed E-state index contributed by atoms with van der Waals surface area (Å²) in [5, 5.41) is 1.70. The Morgan fingerprint density at radius 3 is 2.71 bits per heavy atom. The highest BCUT2D eigenvalue weighted by Gasteiger charge is 2.15. The molecule has 1 aliphatic heterocycles. The maximum absolute atomic E-state index is 13.3. The number of carbonyl (C=O) groups is 1. The van der Waals surface area contributed by atoms with Crippen LogP contribution in [0.25, 0.3) is 22.0 Å². The van der Waals surface area contributed by atoms with Crippen molar-refractivity contribution in [2.75, 3.05) is 17.9 Å². The van der Waals surface area contributed by atoms with E-state index in [4.69, 9.17) is 13.7 Å². The second-order valence-corrected chi connectivity index (χ2v) is 7.06. The van der Waals surface area contributed by atoms with Crippen LogP contribution in [0.1, 0.15) is 48.9 Å². The Balaban J connectivity index is 1.48. The van der Waals surface area contributed by atoms with Crippen molar-refractivity contribution in [3.63, 3.8) is 0 Å². The SMILES string of the molecule is [2H]C1([2H])N(c2cc(C(=O)Cc3cc4cc(-c5cncn5C)ccc4cn3)ccn2)C([2H])([2H])C([2H])([2H])C([2H])([2H])C1([2H])[2H]. The van der Waals surface area contributed by atoms with Gasteiger partial charge in [-0.1, -0.05) is 12.1 Å². The Hall–Kier alpha value is -3.54. The Labute approximate surface area is 195 Å². The van der Waals surface area contributed by atoms with Crippen molar-refractivity contribution in [3.8, 4) is 11.3 Å². The van der Waals surface area contributed by atoms with Gasteiger partial charge in [0.25, 0.3) is 0 Å². The predicted octanol–water partition coefficient (Wildman–Crippen LogP) is 4.45. The molecule has 0 atom stereocenters. The zero-order valence-corrected chi connectivity index (χ0v) is 16.6. The van der Waals surface area contributed by atoms with E-state index in [1.807, 2.05) is 29.8 Å². The molecule has 1 aliphatic rings. The molecule has 6 heteroatoms. The number of anilines is 1. The van der Waals surface area contributed by atoms with E-state index in [0.29, 0.717) is 5.69 Å². The number of nitrogens with zero attached hydrogens (tertiary/aromatic N) is 5. The van der Waals surface area contributed by atoms with Gasteiger partial charge >= 0.3 is 0 Å². The molecule has 6 nitrogen and oxygen atoms in total. The maximum Gasteiger partial charge on any atom is 0.169 e. The molecule has 1 saturated heterocycles. The molecular formula is C25H25N5O. The van der Waals surface area contributed by atoms with Gasteiger partial charge in [0.2, 0.25) is 0 Å². The molecule has 1 aromatic carbocycles. The first kappa shape index (κ1) is 11.2. The number of hydrogen-bond acceptors (Lipinski definition) is 5. The van der Waals surface area contributed by atoms with Gasteiger partial charge in [-0.15, -0.1) is 0 Å². The Bertz CT molecular complexity index is 1640. The Morgan fingerprint density at radius 1 is 1.03 bits per heavy atom. The molecular weight excluding hydrogens is 386 g/mol. The Morgan fingerprint density at radius 2 is 1.90 bits per heavy atom. The normalized spacial score (nSPS) is 27.1. The second kappa shape index (κ2) is 8.30. The zero-order chi connectivity index (χ0) is 30.2. The number of aryl methyl sites for hydroxylation is 1. The largest absolute Gasteiger partial charge is 0.357 e. The predicted molar refractivity (Wildman–Crippen MR) is 122 cm³/mol. The molecule has 31 heavy (non-hydrogen) atoms. The van der Waals surface area contributed by atoms with Gasteiger partial charge in [0.15, 0.2) is 5.78 Å². The van der Waals surface area contributed by atoms with E-state index in [-0.39, 0.29) is 16.9 Å². The van der Waals surface area contributed by atoms with Crippen LogP contribution >= 0.6 is 0 Å². The summed E-state index contributed by atoms with van der Waals surface area (Å²) in [6.45, 7) is -6.77. The van der Waals surface area contributed by atoms with Gasteiger partial charge in [-0.3, -0.25) is 9.78 Å². The van der Waals surface area contributed by atoms with E-state index in [9.17, 15) is 4.79 Å².